The van der Waals surface area contributed by atoms with E-state index in [9.17, 15) is 4.79 Å². The number of imidazole rings is 1. The Balaban J connectivity index is 1.58. The number of nitrogens with zero attached hydrogens (tertiary/aromatic N) is 3. The minimum Gasteiger partial charge on any atom is -0.496 e. The van der Waals surface area contributed by atoms with E-state index in [4.69, 9.17) is 9.15 Å². The summed E-state index contributed by atoms with van der Waals surface area (Å²) in [5, 5.41) is 0.633. The van der Waals surface area contributed by atoms with Crippen molar-refractivity contribution < 1.29 is 9.15 Å². The molecule has 0 atom stereocenters. The molecule has 0 bridgehead atoms. The van der Waals surface area contributed by atoms with Gasteiger partial charge in [-0.2, -0.15) is 0 Å². The quantitative estimate of drug-likeness (QED) is 0.404. The van der Waals surface area contributed by atoms with Gasteiger partial charge in [0.05, 0.1) is 25.1 Å². The Morgan fingerprint density at radius 3 is 2.77 bits per heavy atom. The standard InChI is InChI=1S/C25H27N3O3/c1-19-8-9-24-22(14-19)25(29)21(17-31-24)16-28(12-5-11-27-13-10-26-18-27)15-20-6-3-4-7-23(20)30-2/h3-4,6-10,13-14,17-18H,5,11-12,15-16H2,1-2H3. The van der Waals surface area contributed by atoms with E-state index in [0.717, 1.165) is 36.4 Å². The fourth-order valence-corrected chi connectivity index (χ4v) is 3.82. The van der Waals surface area contributed by atoms with Crippen molar-refractivity contribution in [2.75, 3.05) is 13.7 Å². The highest BCUT2D eigenvalue weighted by Crippen LogP contribution is 2.21. The normalized spacial score (nSPS) is 11.3. The van der Waals surface area contributed by atoms with Gasteiger partial charge in [0.15, 0.2) is 5.43 Å². The van der Waals surface area contributed by atoms with Crippen LogP contribution in [-0.2, 0) is 19.6 Å². The summed E-state index contributed by atoms with van der Waals surface area (Å²) in [7, 11) is 1.68. The zero-order chi connectivity index (χ0) is 21.6. The summed E-state index contributed by atoms with van der Waals surface area (Å²) in [5.41, 5.74) is 3.45. The molecule has 0 aliphatic carbocycles. The minimum atomic E-state index is 0.0320. The summed E-state index contributed by atoms with van der Waals surface area (Å²) in [5.74, 6) is 0.850. The first-order valence-electron chi connectivity index (χ1n) is 10.4. The van der Waals surface area contributed by atoms with E-state index in [2.05, 4.69) is 20.5 Å². The predicted octanol–water partition coefficient (Wildman–Crippen LogP) is 4.40. The number of benzene rings is 2. The third kappa shape index (κ3) is 5.03. The van der Waals surface area contributed by atoms with Crippen LogP contribution in [0.15, 0.2) is 76.7 Å². The molecule has 2 aromatic carbocycles. The number of ether oxygens (including phenoxy) is 1. The number of aromatic nitrogens is 2. The highest BCUT2D eigenvalue weighted by molar-refractivity contribution is 5.77. The molecule has 4 rings (SSSR count). The highest BCUT2D eigenvalue weighted by Gasteiger charge is 2.14. The summed E-state index contributed by atoms with van der Waals surface area (Å²) in [4.78, 5) is 19.5. The van der Waals surface area contributed by atoms with Gasteiger partial charge in [0.2, 0.25) is 0 Å². The molecule has 6 nitrogen and oxygen atoms in total. The van der Waals surface area contributed by atoms with E-state index >= 15 is 0 Å². The number of hydrogen-bond donors (Lipinski definition) is 0. The third-order valence-corrected chi connectivity index (χ3v) is 5.43. The summed E-state index contributed by atoms with van der Waals surface area (Å²) in [6.07, 6.45) is 8.11. The average Bonchev–Trinajstić information content (AvgIpc) is 3.30. The molecule has 0 aliphatic rings. The van der Waals surface area contributed by atoms with Crippen molar-refractivity contribution >= 4 is 11.0 Å². The maximum absolute atomic E-state index is 13.1. The van der Waals surface area contributed by atoms with Crippen molar-refractivity contribution in [3.05, 3.63) is 94.4 Å². The maximum atomic E-state index is 13.1. The molecule has 0 saturated heterocycles. The van der Waals surface area contributed by atoms with Crippen molar-refractivity contribution in [3.8, 4) is 5.75 Å². The van der Waals surface area contributed by atoms with Crippen LogP contribution < -0.4 is 10.2 Å². The zero-order valence-corrected chi connectivity index (χ0v) is 18.0. The topological polar surface area (TPSA) is 60.5 Å². The second kappa shape index (κ2) is 9.62. The Morgan fingerprint density at radius 1 is 1.13 bits per heavy atom. The van der Waals surface area contributed by atoms with Crippen molar-refractivity contribution in [3.63, 3.8) is 0 Å². The summed E-state index contributed by atoms with van der Waals surface area (Å²) < 4.78 is 13.4. The van der Waals surface area contributed by atoms with E-state index in [1.165, 1.54) is 0 Å². The molecule has 0 aliphatic heterocycles. The van der Waals surface area contributed by atoms with Crippen LogP contribution in [0.1, 0.15) is 23.1 Å². The minimum absolute atomic E-state index is 0.0320. The lowest BCUT2D eigenvalue weighted by atomic mass is 10.1. The van der Waals surface area contributed by atoms with Gasteiger partial charge in [-0.05, 0) is 31.5 Å². The molecular weight excluding hydrogens is 390 g/mol. The van der Waals surface area contributed by atoms with Gasteiger partial charge >= 0.3 is 0 Å². The van der Waals surface area contributed by atoms with Gasteiger partial charge < -0.3 is 13.7 Å². The summed E-state index contributed by atoms with van der Waals surface area (Å²) in [6, 6.07) is 13.7. The van der Waals surface area contributed by atoms with Crippen LogP contribution in [0.3, 0.4) is 0 Å². The molecule has 0 N–H and O–H groups in total. The van der Waals surface area contributed by atoms with E-state index in [0.29, 0.717) is 29.6 Å². The Bertz CT molecular complexity index is 1200. The number of rotatable bonds is 9. The van der Waals surface area contributed by atoms with Crippen molar-refractivity contribution in [2.24, 2.45) is 0 Å². The van der Waals surface area contributed by atoms with Gasteiger partial charge in [-0.3, -0.25) is 9.69 Å². The first kappa shape index (κ1) is 20.9. The molecule has 0 fully saturated rings. The molecule has 0 amide bonds. The first-order chi connectivity index (χ1) is 15.1. The second-order valence-electron chi connectivity index (χ2n) is 7.77. The second-order valence-corrected chi connectivity index (χ2v) is 7.77. The monoisotopic (exact) mass is 417 g/mol. The van der Waals surface area contributed by atoms with Crippen LogP contribution in [0.25, 0.3) is 11.0 Å². The third-order valence-electron chi connectivity index (χ3n) is 5.43. The molecule has 160 valence electrons. The average molecular weight is 418 g/mol. The van der Waals surface area contributed by atoms with E-state index in [1.54, 1.807) is 19.6 Å². The predicted molar refractivity (Wildman–Crippen MR) is 121 cm³/mol. The van der Waals surface area contributed by atoms with Gasteiger partial charge in [0, 0.05) is 49.7 Å². The lowest BCUT2D eigenvalue weighted by Crippen LogP contribution is -2.28. The highest BCUT2D eigenvalue weighted by atomic mass is 16.5. The molecule has 2 aromatic heterocycles. The molecule has 31 heavy (non-hydrogen) atoms. The lowest BCUT2D eigenvalue weighted by molar-refractivity contribution is 0.242. The van der Waals surface area contributed by atoms with Gasteiger partial charge in [-0.15, -0.1) is 0 Å². The fourth-order valence-electron chi connectivity index (χ4n) is 3.82. The van der Waals surface area contributed by atoms with Crippen LogP contribution >= 0.6 is 0 Å². The molecule has 6 heteroatoms. The van der Waals surface area contributed by atoms with Gasteiger partial charge in [0.25, 0.3) is 0 Å². The summed E-state index contributed by atoms with van der Waals surface area (Å²) >= 11 is 0. The largest absolute Gasteiger partial charge is 0.496 e. The summed E-state index contributed by atoms with van der Waals surface area (Å²) in [6.45, 7) is 4.86. The molecule has 2 heterocycles. The molecule has 0 unspecified atom stereocenters. The van der Waals surface area contributed by atoms with E-state index in [1.807, 2.05) is 55.8 Å². The van der Waals surface area contributed by atoms with Crippen molar-refractivity contribution in [2.45, 2.75) is 33.0 Å². The fraction of sp³-hybridized carbons (Fsp3) is 0.280. The Hall–Kier alpha value is -3.38. The first-order valence-corrected chi connectivity index (χ1v) is 10.4. The van der Waals surface area contributed by atoms with Gasteiger partial charge in [-0.1, -0.05) is 29.8 Å². The van der Waals surface area contributed by atoms with Crippen molar-refractivity contribution in [1.29, 1.82) is 0 Å². The Morgan fingerprint density at radius 2 is 1.97 bits per heavy atom. The molecule has 4 aromatic rings. The number of hydrogen-bond acceptors (Lipinski definition) is 5. The molecule has 0 radical (unpaired) electrons. The van der Waals surface area contributed by atoms with Crippen LogP contribution in [0.2, 0.25) is 0 Å². The van der Waals surface area contributed by atoms with Gasteiger partial charge in [0.1, 0.15) is 11.3 Å². The maximum Gasteiger partial charge on any atom is 0.197 e. The molecule has 0 saturated carbocycles. The Kier molecular flexibility index (Phi) is 6.48. The van der Waals surface area contributed by atoms with Gasteiger partial charge in [-0.25, -0.2) is 4.98 Å². The molecular formula is C25H27N3O3. The van der Waals surface area contributed by atoms with E-state index < -0.39 is 0 Å². The zero-order valence-electron chi connectivity index (χ0n) is 18.0. The van der Waals surface area contributed by atoms with Crippen LogP contribution in [0.4, 0.5) is 0 Å². The van der Waals surface area contributed by atoms with Crippen LogP contribution in [-0.4, -0.2) is 28.1 Å². The number of fused-ring (bicyclic) bond motifs is 1. The van der Waals surface area contributed by atoms with E-state index in [-0.39, 0.29) is 5.43 Å². The SMILES string of the molecule is COc1ccccc1CN(CCCn1ccnc1)Cc1coc2ccc(C)cc2c1=O. The number of para-hydroxylation sites is 1. The smallest absolute Gasteiger partial charge is 0.197 e. The Labute approximate surface area is 181 Å². The number of aryl methyl sites for hydroxylation is 2. The van der Waals surface area contributed by atoms with Crippen molar-refractivity contribution in [1.82, 2.24) is 14.5 Å². The lowest BCUT2D eigenvalue weighted by Gasteiger charge is -2.23. The van der Waals surface area contributed by atoms with Crippen LogP contribution in [0.5, 0.6) is 5.75 Å². The number of methoxy groups -OCH3 is 1. The van der Waals surface area contributed by atoms with Crippen LogP contribution in [0, 0.1) is 6.92 Å². The molecule has 0 spiro atoms.